The van der Waals surface area contributed by atoms with Gasteiger partial charge in [0.2, 0.25) is 0 Å². The lowest BCUT2D eigenvalue weighted by Crippen LogP contribution is -2.22. The first-order valence-electron chi connectivity index (χ1n) is 9.50. The van der Waals surface area contributed by atoms with Gasteiger partial charge in [-0.15, -0.1) is 0 Å². The van der Waals surface area contributed by atoms with Crippen molar-refractivity contribution in [1.82, 2.24) is 9.55 Å². The van der Waals surface area contributed by atoms with Crippen molar-refractivity contribution in [3.63, 3.8) is 0 Å². The first kappa shape index (κ1) is 20.0. The number of aromatic nitrogens is 2. The molecule has 0 aliphatic carbocycles. The molecule has 2 atom stereocenters. The van der Waals surface area contributed by atoms with Gasteiger partial charge in [-0.1, -0.05) is 31.2 Å². The zero-order valence-corrected chi connectivity index (χ0v) is 16.7. The summed E-state index contributed by atoms with van der Waals surface area (Å²) in [4.78, 5) is 4.17. The van der Waals surface area contributed by atoms with Crippen LogP contribution in [-0.4, -0.2) is 30.4 Å². The molecule has 28 heavy (non-hydrogen) atoms. The summed E-state index contributed by atoms with van der Waals surface area (Å²) >= 11 is 0. The van der Waals surface area contributed by atoms with E-state index in [1.807, 2.05) is 55.1 Å². The number of ether oxygens (including phenoxy) is 3. The van der Waals surface area contributed by atoms with Crippen LogP contribution in [0.2, 0.25) is 0 Å². The Morgan fingerprint density at radius 1 is 0.929 bits per heavy atom. The second-order valence-electron chi connectivity index (χ2n) is 6.94. The number of imidazole rings is 1. The van der Waals surface area contributed by atoms with Gasteiger partial charge < -0.3 is 18.8 Å². The molecule has 0 radical (unpaired) electrons. The van der Waals surface area contributed by atoms with Crippen LogP contribution in [0.5, 0.6) is 11.5 Å². The third-order valence-corrected chi connectivity index (χ3v) is 5.11. The fraction of sp³-hybridized carbons (Fsp3) is 0.348. The zero-order chi connectivity index (χ0) is 19.8. The largest absolute Gasteiger partial charge is 0.497 e. The number of nitrogens with zero attached hydrogens (tertiary/aromatic N) is 2. The molecule has 1 heterocycles. The molecule has 0 bridgehead atoms. The molecule has 148 valence electrons. The molecule has 3 rings (SSSR count). The second kappa shape index (κ2) is 9.95. The molecule has 0 aliphatic rings. The van der Waals surface area contributed by atoms with Crippen LogP contribution >= 0.6 is 0 Å². The molecule has 0 fully saturated rings. The van der Waals surface area contributed by atoms with Gasteiger partial charge in [-0.3, -0.25) is 0 Å². The molecule has 0 amide bonds. The van der Waals surface area contributed by atoms with Crippen LogP contribution in [-0.2, 0) is 17.9 Å². The van der Waals surface area contributed by atoms with Crippen LogP contribution in [0.15, 0.2) is 67.3 Å². The fourth-order valence-electron chi connectivity index (χ4n) is 3.25. The van der Waals surface area contributed by atoms with Crippen LogP contribution in [0.1, 0.15) is 24.0 Å². The highest BCUT2D eigenvalue weighted by molar-refractivity contribution is 5.29. The molecule has 0 aliphatic heterocycles. The van der Waals surface area contributed by atoms with Gasteiger partial charge in [0.25, 0.3) is 0 Å². The maximum atomic E-state index is 6.09. The minimum atomic E-state index is 0.320. The Balaban J connectivity index is 1.65. The lowest BCUT2D eigenvalue weighted by atomic mass is 9.88. The molecule has 0 saturated heterocycles. The van der Waals surface area contributed by atoms with Gasteiger partial charge in [-0.05, 0) is 41.3 Å². The van der Waals surface area contributed by atoms with E-state index in [0.717, 1.165) is 23.6 Å². The summed E-state index contributed by atoms with van der Waals surface area (Å²) in [6.07, 6.45) is 5.67. The molecule has 1 aromatic heterocycles. The fourth-order valence-corrected chi connectivity index (χ4v) is 3.25. The average molecular weight is 380 g/mol. The van der Waals surface area contributed by atoms with Crippen LogP contribution in [0.4, 0.5) is 0 Å². The third-order valence-electron chi connectivity index (χ3n) is 5.11. The van der Waals surface area contributed by atoms with Gasteiger partial charge >= 0.3 is 0 Å². The highest BCUT2D eigenvalue weighted by Crippen LogP contribution is 2.28. The van der Waals surface area contributed by atoms with Gasteiger partial charge in [-0.25, -0.2) is 4.98 Å². The topological polar surface area (TPSA) is 45.5 Å². The molecular formula is C23H28N2O3. The Kier molecular flexibility index (Phi) is 7.09. The summed E-state index contributed by atoms with van der Waals surface area (Å²) in [6, 6.07) is 16.3. The number of benzene rings is 2. The number of hydrogen-bond acceptors (Lipinski definition) is 4. The summed E-state index contributed by atoms with van der Waals surface area (Å²) in [5.74, 6) is 2.39. The standard InChI is InChI=1S/C23H28N2O3/c1-18(20-6-10-23(27-3)11-7-20)21(14-25-13-12-24-17-25)16-28-15-19-4-8-22(26-2)9-5-19/h4-13,17-18,21H,14-16H2,1-3H3. The molecule has 0 N–H and O–H groups in total. The van der Waals surface area contributed by atoms with Gasteiger partial charge in [0.05, 0.1) is 33.8 Å². The lowest BCUT2D eigenvalue weighted by molar-refractivity contribution is 0.0731. The Morgan fingerprint density at radius 2 is 1.57 bits per heavy atom. The van der Waals surface area contributed by atoms with E-state index >= 15 is 0 Å². The van der Waals surface area contributed by atoms with E-state index in [1.54, 1.807) is 14.2 Å². The third kappa shape index (κ3) is 5.36. The normalized spacial score (nSPS) is 13.1. The number of rotatable bonds is 10. The quantitative estimate of drug-likeness (QED) is 0.518. The van der Waals surface area contributed by atoms with E-state index in [2.05, 4.69) is 28.6 Å². The predicted octanol–water partition coefficient (Wildman–Crippen LogP) is 4.54. The smallest absolute Gasteiger partial charge is 0.118 e. The van der Waals surface area contributed by atoms with Crippen molar-refractivity contribution in [3.8, 4) is 11.5 Å². The van der Waals surface area contributed by atoms with E-state index in [0.29, 0.717) is 25.0 Å². The lowest BCUT2D eigenvalue weighted by Gasteiger charge is -2.25. The zero-order valence-electron chi connectivity index (χ0n) is 16.7. The van der Waals surface area contributed by atoms with E-state index in [1.165, 1.54) is 5.56 Å². The van der Waals surface area contributed by atoms with Crippen molar-refractivity contribution >= 4 is 0 Å². The summed E-state index contributed by atoms with van der Waals surface area (Å²) in [6.45, 7) is 4.35. The van der Waals surface area contributed by atoms with Crippen molar-refractivity contribution < 1.29 is 14.2 Å². The molecule has 0 saturated carbocycles. The maximum Gasteiger partial charge on any atom is 0.118 e. The molecule has 0 spiro atoms. The van der Waals surface area contributed by atoms with Gasteiger partial charge in [0.1, 0.15) is 11.5 Å². The molecule has 2 aromatic carbocycles. The predicted molar refractivity (Wildman–Crippen MR) is 110 cm³/mol. The average Bonchev–Trinajstić information content (AvgIpc) is 3.26. The first-order chi connectivity index (χ1) is 13.7. The van der Waals surface area contributed by atoms with E-state index < -0.39 is 0 Å². The minimum Gasteiger partial charge on any atom is -0.497 e. The summed E-state index contributed by atoms with van der Waals surface area (Å²) < 4.78 is 18.7. The molecule has 5 heteroatoms. The van der Waals surface area contributed by atoms with Gasteiger partial charge in [0.15, 0.2) is 0 Å². The van der Waals surface area contributed by atoms with E-state index in [4.69, 9.17) is 14.2 Å². The number of hydrogen-bond donors (Lipinski definition) is 0. The highest BCUT2D eigenvalue weighted by atomic mass is 16.5. The van der Waals surface area contributed by atoms with Crippen LogP contribution < -0.4 is 9.47 Å². The SMILES string of the molecule is COc1ccc(COCC(Cn2ccnc2)C(C)c2ccc(OC)cc2)cc1. The maximum absolute atomic E-state index is 6.09. The summed E-state index contributed by atoms with van der Waals surface area (Å²) in [5.41, 5.74) is 2.42. The van der Waals surface area contributed by atoms with Gasteiger partial charge in [0, 0.05) is 24.9 Å². The van der Waals surface area contributed by atoms with Crippen LogP contribution in [0.3, 0.4) is 0 Å². The first-order valence-corrected chi connectivity index (χ1v) is 9.50. The minimum absolute atomic E-state index is 0.320. The Hall–Kier alpha value is -2.79. The van der Waals surface area contributed by atoms with E-state index in [-0.39, 0.29) is 0 Å². The van der Waals surface area contributed by atoms with Gasteiger partial charge in [-0.2, -0.15) is 0 Å². The monoisotopic (exact) mass is 380 g/mol. The summed E-state index contributed by atoms with van der Waals surface area (Å²) in [7, 11) is 3.36. The van der Waals surface area contributed by atoms with Crippen molar-refractivity contribution in [1.29, 1.82) is 0 Å². The summed E-state index contributed by atoms with van der Waals surface area (Å²) in [5, 5.41) is 0. The van der Waals surface area contributed by atoms with E-state index in [9.17, 15) is 0 Å². The van der Waals surface area contributed by atoms with Crippen LogP contribution in [0.25, 0.3) is 0 Å². The molecule has 3 aromatic rings. The Morgan fingerprint density at radius 3 is 2.14 bits per heavy atom. The molecule has 5 nitrogen and oxygen atoms in total. The highest BCUT2D eigenvalue weighted by Gasteiger charge is 2.20. The van der Waals surface area contributed by atoms with Crippen molar-refractivity contribution in [2.24, 2.45) is 5.92 Å². The Labute approximate surface area is 166 Å². The van der Waals surface area contributed by atoms with Crippen molar-refractivity contribution in [2.75, 3.05) is 20.8 Å². The van der Waals surface area contributed by atoms with Crippen molar-refractivity contribution in [3.05, 3.63) is 78.4 Å². The Bertz CT molecular complexity index is 814. The number of methoxy groups -OCH3 is 2. The molecule has 2 unspecified atom stereocenters. The van der Waals surface area contributed by atoms with Crippen molar-refractivity contribution in [2.45, 2.75) is 26.0 Å². The second-order valence-corrected chi connectivity index (χ2v) is 6.94. The molecular weight excluding hydrogens is 352 g/mol. The van der Waals surface area contributed by atoms with Crippen LogP contribution in [0, 0.1) is 5.92 Å².